The van der Waals surface area contributed by atoms with Crippen LogP contribution in [0.15, 0.2) is 40.9 Å². The predicted octanol–water partition coefficient (Wildman–Crippen LogP) is 4.73. The first-order chi connectivity index (χ1) is 8.99. The summed E-state index contributed by atoms with van der Waals surface area (Å²) in [6.45, 7) is 0. The van der Waals surface area contributed by atoms with Crippen molar-refractivity contribution in [1.29, 1.82) is 0 Å². The van der Waals surface area contributed by atoms with Gasteiger partial charge in [0.15, 0.2) is 11.6 Å². The van der Waals surface area contributed by atoms with Gasteiger partial charge in [-0.3, -0.25) is 0 Å². The molecule has 3 nitrogen and oxygen atoms in total. The van der Waals surface area contributed by atoms with Crippen LogP contribution in [0.4, 0.5) is 4.39 Å². The van der Waals surface area contributed by atoms with E-state index in [2.05, 4.69) is 15.9 Å². The first-order valence-electron chi connectivity index (χ1n) is 5.13. The highest BCUT2D eigenvalue weighted by Crippen LogP contribution is 2.32. The Morgan fingerprint density at radius 1 is 1.32 bits per heavy atom. The van der Waals surface area contributed by atoms with Crippen molar-refractivity contribution in [2.45, 2.75) is 0 Å². The van der Waals surface area contributed by atoms with Crippen LogP contribution in [-0.4, -0.2) is 11.1 Å². The Labute approximate surface area is 121 Å². The first-order valence-corrected chi connectivity index (χ1v) is 6.31. The van der Waals surface area contributed by atoms with Crippen molar-refractivity contribution < 1.29 is 19.0 Å². The second-order valence-corrected chi connectivity index (χ2v) is 4.83. The zero-order valence-corrected chi connectivity index (χ0v) is 11.7. The quantitative estimate of drug-likeness (QED) is 0.874. The molecule has 0 saturated carbocycles. The summed E-state index contributed by atoms with van der Waals surface area (Å²) in [5.74, 6) is -1.72. The molecule has 2 rings (SSSR count). The molecule has 0 unspecified atom stereocenters. The molecule has 2 aromatic rings. The molecule has 0 aliphatic rings. The van der Waals surface area contributed by atoms with E-state index in [1.165, 1.54) is 18.2 Å². The maximum Gasteiger partial charge on any atom is 0.336 e. The molecular formula is C13H7BrClFO3. The highest BCUT2D eigenvalue weighted by atomic mass is 79.9. The van der Waals surface area contributed by atoms with Crippen LogP contribution in [0.2, 0.25) is 5.02 Å². The zero-order chi connectivity index (χ0) is 14.0. The summed E-state index contributed by atoms with van der Waals surface area (Å²) in [5.41, 5.74) is -0.170. The molecule has 19 heavy (non-hydrogen) atoms. The third-order valence-corrected chi connectivity index (χ3v) is 3.31. The van der Waals surface area contributed by atoms with Gasteiger partial charge in [0.2, 0.25) is 0 Å². The van der Waals surface area contributed by atoms with E-state index in [-0.39, 0.29) is 15.8 Å². The van der Waals surface area contributed by atoms with Crippen molar-refractivity contribution in [2.24, 2.45) is 0 Å². The van der Waals surface area contributed by atoms with Crippen LogP contribution >= 0.6 is 27.5 Å². The number of hydrogen-bond acceptors (Lipinski definition) is 2. The van der Waals surface area contributed by atoms with Gasteiger partial charge in [-0.25, -0.2) is 9.18 Å². The molecular weight excluding hydrogens is 338 g/mol. The predicted molar refractivity (Wildman–Crippen MR) is 72.6 cm³/mol. The summed E-state index contributed by atoms with van der Waals surface area (Å²) in [7, 11) is 0. The van der Waals surface area contributed by atoms with Gasteiger partial charge in [-0.05, 0) is 46.3 Å². The van der Waals surface area contributed by atoms with Crippen molar-refractivity contribution >= 4 is 33.5 Å². The fourth-order valence-corrected chi connectivity index (χ4v) is 2.11. The molecule has 6 heteroatoms. The SMILES string of the molecule is O=C(O)c1ccc(Oc2cccc(Cl)c2)c(F)c1Br. The highest BCUT2D eigenvalue weighted by Gasteiger charge is 2.17. The van der Waals surface area contributed by atoms with E-state index in [1.54, 1.807) is 18.2 Å². The van der Waals surface area contributed by atoms with Gasteiger partial charge in [0.1, 0.15) is 5.75 Å². The number of rotatable bonds is 3. The molecule has 0 atom stereocenters. The van der Waals surface area contributed by atoms with Gasteiger partial charge in [-0.2, -0.15) is 0 Å². The Hall–Kier alpha value is -1.59. The average molecular weight is 346 g/mol. The van der Waals surface area contributed by atoms with Crippen molar-refractivity contribution in [3.05, 3.63) is 57.3 Å². The summed E-state index contributed by atoms with van der Waals surface area (Å²) in [6, 6.07) is 8.98. The van der Waals surface area contributed by atoms with Gasteiger partial charge in [-0.15, -0.1) is 0 Å². The second kappa shape index (κ2) is 5.59. The summed E-state index contributed by atoms with van der Waals surface area (Å²) in [6.07, 6.45) is 0. The minimum Gasteiger partial charge on any atom is -0.478 e. The van der Waals surface area contributed by atoms with Crippen molar-refractivity contribution in [1.82, 2.24) is 0 Å². The second-order valence-electron chi connectivity index (χ2n) is 3.60. The molecule has 0 fully saturated rings. The number of aromatic carboxylic acids is 1. The van der Waals surface area contributed by atoms with Gasteiger partial charge >= 0.3 is 5.97 Å². The Balaban J connectivity index is 2.37. The molecule has 0 radical (unpaired) electrons. The maximum atomic E-state index is 13.9. The summed E-state index contributed by atoms with van der Waals surface area (Å²) in [5, 5.41) is 9.31. The molecule has 0 amide bonds. The Morgan fingerprint density at radius 3 is 2.68 bits per heavy atom. The number of halogens is 3. The van der Waals surface area contributed by atoms with Crippen LogP contribution in [0.25, 0.3) is 0 Å². The normalized spacial score (nSPS) is 10.3. The molecule has 0 bridgehead atoms. The van der Waals surface area contributed by atoms with Gasteiger partial charge < -0.3 is 9.84 Å². The van der Waals surface area contributed by atoms with E-state index in [0.717, 1.165) is 0 Å². The van der Waals surface area contributed by atoms with Crippen molar-refractivity contribution in [3.8, 4) is 11.5 Å². The fraction of sp³-hybridized carbons (Fsp3) is 0. The summed E-state index contributed by atoms with van der Waals surface area (Å²) >= 11 is 8.69. The lowest BCUT2D eigenvalue weighted by molar-refractivity contribution is 0.0695. The number of hydrogen-bond donors (Lipinski definition) is 1. The Morgan fingerprint density at radius 2 is 2.05 bits per heavy atom. The van der Waals surface area contributed by atoms with Gasteiger partial charge in [0, 0.05) is 5.02 Å². The monoisotopic (exact) mass is 344 g/mol. The lowest BCUT2D eigenvalue weighted by Gasteiger charge is -2.09. The highest BCUT2D eigenvalue weighted by molar-refractivity contribution is 9.10. The largest absolute Gasteiger partial charge is 0.478 e. The number of ether oxygens (including phenoxy) is 1. The van der Waals surface area contributed by atoms with Crippen LogP contribution in [0.3, 0.4) is 0 Å². The van der Waals surface area contributed by atoms with Crippen molar-refractivity contribution in [2.75, 3.05) is 0 Å². The lowest BCUT2D eigenvalue weighted by Crippen LogP contribution is -2.00. The minimum atomic E-state index is -1.22. The number of carbonyl (C=O) groups is 1. The van der Waals surface area contributed by atoms with E-state index in [1.807, 2.05) is 0 Å². The fourth-order valence-electron chi connectivity index (χ4n) is 1.43. The molecule has 1 N–H and O–H groups in total. The first kappa shape index (κ1) is 13.8. The minimum absolute atomic E-state index is 0.0841. The van der Waals surface area contributed by atoms with Crippen LogP contribution in [0.5, 0.6) is 11.5 Å². The number of carboxylic acid groups (broad SMARTS) is 1. The van der Waals surface area contributed by atoms with E-state index < -0.39 is 11.8 Å². The topological polar surface area (TPSA) is 46.5 Å². The van der Waals surface area contributed by atoms with E-state index in [9.17, 15) is 9.18 Å². The van der Waals surface area contributed by atoms with Crippen LogP contribution in [0.1, 0.15) is 10.4 Å². The Kier molecular flexibility index (Phi) is 4.07. The van der Waals surface area contributed by atoms with Gasteiger partial charge in [-0.1, -0.05) is 17.7 Å². The van der Waals surface area contributed by atoms with Crippen LogP contribution in [-0.2, 0) is 0 Å². The maximum absolute atomic E-state index is 13.9. The van der Waals surface area contributed by atoms with Crippen LogP contribution < -0.4 is 4.74 Å². The molecule has 98 valence electrons. The molecule has 0 spiro atoms. The standard InChI is InChI=1S/C13H7BrClFO3/c14-11-9(13(17)18)4-5-10(12(11)16)19-8-3-1-2-7(15)6-8/h1-6H,(H,17,18). The van der Waals surface area contributed by atoms with E-state index in [4.69, 9.17) is 21.4 Å². The average Bonchev–Trinajstić information content (AvgIpc) is 2.35. The molecule has 0 aliphatic carbocycles. The molecule has 0 aliphatic heterocycles. The third kappa shape index (κ3) is 3.05. The number of benzene rings is 2. The zero-order valence-electron chi connectivity index (χ0n) is 9.36. The molecule has 0 heterocycles. The molecule has 0 aromatic heterocycles. The van der Waals surface area contributed by atoms with Crippen molar-refractivity contribution in [3.63, 3.8) is 0 Å². The van der Waals surface area contributed by atoms with E-state index in [0.29, 0.717) is 10.8 Å². The summed E-state index contributed by atoms with van der Waals surface area (Å²) in [4.78, 5) is 10.8. The summed E-state index contributed by atoms with van der Waals surface area (Å²) < 4.78 is 19.1. The van der Waals surface area contributed by atoms with Crippen LogP contribution in [0, 0.1) is 5.82 Å². The Bertz CT molecular complexity index is 646. The molecule has 2 aromatic carbocycles. The van der Waals surface area contributed by atoms with Gasteiger partial charge in [0.05, 0.1) is 10.0 Å². The molecule has 0 saturated heterocycles. The van der Waals surface area contributed by atoms with E-state index >= 15 is 0 Å². The number of carboxylic acids is 1. The van der Waals surface area contributed by atoms with Gasteiger partial charge in [0.25, 0.3) is 0 Å². The third-order valence-electron chi connectivity index (χ3n) is 2.30. The lowest BCUT2D eigenvalue weighted by atomic mass is 10.2. The smallest absolute Gasteiger partial charge is 0.336 e.